The molecular formula is C17H15BrN2O2. The molecular weight excluding hydrogens is 344 g/mol. The van der Waals surface area contributed by atoms with Gasteiger partial charge in [-0.15, -0.1) is 0 Å². The molecule has 4 nitrogen and oxygen atoms in total. The summed E-state index contributed by atoms with van der Waals surface area (Å²) in [5.74, 6) is 0.326. The number of rotatable bonds is 6. The third kappa shape index (κ3) is 5.93. The minimum atomic E-state index is -0.319. The highest BCUT2D eigenvalue weighted by Gasteiger charge is 2.00. The maximum absolute atomic E-state index is 11.6. The van der Waals surface area contributed by atoms with Crippen molar-refractivity contribution in [3.8, 4) is 5.75 Å². The van der Waals surface area contributed by atoms with Crippen LogP contribution in [0.15, 0.2) is 70.2 Å². The molecule has 2 aromatic carbocycles. The predicted octanol–water partition coefficient (Wildman–Crippen LogP) is 3.60. The van der Waals surface area contributed by atoms with Crippen LogP contribution in [0.3, 0.4) is 0 Å². The van der Waals surface area contributed by atoms with Gasteiger partial charge >= 0.3 is 0 Å². The molecule has 0 aliphatic carbocycles. The van der Waals surface area contributed by atoms with Gasteiger partial charge < -0.3 is 4.74 Å². The highest BCUT2D eigenvalue weighted by Crippen LogP contribution is 2.10. The van der Waals surface area contributed by atoms with Gasteiger partial charge in [-0.2, -0.15) is 5.10 Å². The van der Waals surface area contributed by atoms with E-state index >= 15 is 0 Å². The van der Waals surface area contributed by atoms with Gasteiger partial charge in [-0.25, -0.2) is 5.43 Å². The van der Waals surface area contributed by atoms with Crippen molar-refractivity contribution in [2.75, 3.05) is 6.61 Å². The number of nitrogens with one attached hydrogen (secondary N) is 1. The zero-order valence-electron chi connectivity index (χ0n) is 11.8. The molecule has 22 heavy (non-hydrogen) atoms. The molecule has 0 spiro atoms. The van der Waals surface area contributed by atoms with Gasteiger partial charge in [0.15, 0.2) is 6.61 Å². The minimum absolute atomic E-state index is 0.0820. The lowest BCUT2D eigenvalue weighted by molar-refractivity contribution is -0.123. The van der Waals surface area contributed by atoms with Gasteiger partial charge in [0.05, 0.1) is 6.21 Å². The zero-order valence-corrected chi connectivity index (χ0v) is 13.4. The second kappa shape index (κ2) is 8.79. The highest BCUT2D eigenvalue weighted by molar-refractivity contribution is 9.12. The van der Waals surface area contributed by atoms with Crippen LogP contribution in [0.2, 0.25) is 0 Å². The van der Waals surface area contributed by atoms with E-state index in [-0.39, 0.29) is 12.5 Å². The maximum Gasteiger partial charge on any atom is 0.277 e. The van der Waals surface area contributed by atoms with Crippen molar-refractivity contribution in [1.29, 1.82) is 0 Å². The van der Waals surface area contributed by atoms with E-state index in [2.05, 4.69) is 26.5 Å². The molecule has 0 radical (unpaired) electrons. The van der Waals surface area contributed by atoms with Crippen molar-refractivity contribution in [3.63, 3.8) is 0 Å². The molecule has 0 bridgehead atoms. The molecule has 0 aromatic heterocycles. The third-order valence-corrected chi connectivity index (χ3v) is 3.03. The lowest BCUT2D eigenvalue weighted by atomic mass is 10.2. The number of amides is 1. The van der Waals surface area contributed by atoms with E-state index in [1.807, 2.05) is 54.6 Å². The van der Waals surface area contributed by atoms with Crippen LogP contribution in [0.1, 0.15) is 5.56 Å². The fraction of sp³-hybridized carbons (Fsp3) is 0.0588. The number of hydrogen-bond donors (Lipinski definition) is 1. The molecule has 1 amide bonds. The molecule has 0 atom stereocenters. The quantitative estimate of drug-likeness (QED) is 0.633. The van der Waals surface area contributed by atoms with Crippen LogP contribution in [0.25, 0.3) is 6.08 Å². The smallest absolute Gasteiger partial charge is 0.277 e. The summed E-state index contributed by atoms with van der Waals surface area (Å²) in [6, 6.07) is 18.9. The minimum Gasteiger partial charge on any atom is -0.484 e. The van der Waals surface area contributed by atoms with Crippen LogP contribution in [0.4, 0.5) is 0 Å². The Morgan fingerprint density at radius 2 is 1.73 bits per heavy atom. The predicted molar refractivity (Wildman–Crippen MR) is 91.9 cm³/mol. The first-order valence-corrected chi connectivity index (χ1v) is 7.45. The molecule has 0 heterocycles. The zero-order chi connectivity index (χ0) is 15.6. The van der Waals surface area contributed by atoms with Crippen molar-refractivity contribution < 1.29 is 9.53 Å². The number of nitrogens with zero attached hydrogens (tertiary/aromatic N) is 1. The Morgan fingerprint density at radius 1 is 1.09 bits per heavy atom. The Bertz CT molecular complexity index is 655. The van der Waals surface area contributed by atoms with E-state index in [0.717, 1.165) is 10.0 Å². The number of ether oxygens (including phenoxy) is 1. The van der Waals surface area contributed by atoms with E-state index in [4.69, 9.17) is 4.74 Å². The highest BCUT2D eigenvalue weighted by atomic mass is 79.9. The maximum atomic E-state index is 11.6. The third-order valence-electron chi connectivity index (χ3n) is 2.59. The Hall–Kier alpha value is -2.40. The average Bonchev–Trinajstić information content (AvgIpc) is 2.55. The first-order valence-electron chi connectivity index (χ1n) is 6.66. The standard InChI is InChI=1S/C17H15BrN2O2/c18-15(11-14-7-3-1-4-8-14)12-19-20-17(21)13-22-16-9-5-2-6-10-16/h1-12H,13H2,(H,20,21). The van der Waals surface area contributed by atoms with Gasteiger partial charge in [-0.05, 0) is 39.7 Å². The van der Waals surface area contributed by atoms with Gasteiger partial charge in [0.25, 0.3) is 5.91 Å². The summed E-state index contributed by atoms with van der Waals surface area (Å²) in [6.45, 7) is -0.0820. The second-order valence-corrected chi connectivity index (χ2v) is 5.25. The lowest BCUT2D eigenvalue weighted by Crippen LogP contribution is -2.24. The topological polar surface area (TPSA) is 50.7 Å². The summed E-state index contributed by atoms with van der Waals surface area (Å²) in [5.41, 5.74) is 3.45. The van der Waals surface area contributed by atoms with Crippen molar-refractivity contribution in [2.24, 2.45) is 5.10 Å². The lowest BCUT2D eigenvalue weighted by Gasteiger charge is -2.03. The number of hydrazone groups is 1. The summed E-state index contributed by atoms with van der Waals surface area (Å²) in [7, 11) is 0. The Labute approximate surface area is 137 Å². The number of halogens is 1. The van der Waals surface area contributed by atoms with Crippen molar-refractivity contribution in [3.05, 3.63) is 70.7 Å². The van der Waals surface area contributed by atoms with E-state index in [1.54, 1.807) is 12.1 Å². The molecule has 0 unspecified atom stereocenters. The van der Waals surface area contributed by atoms with Crippen LogP contribution >= 0.6 is 15.9 Å². The van der Waals surface area contributed by atoms with Gasteiger partial charge in [0, 0.05) is 4.48 Å². The number of benzene rings is 2. The van der Waals surface area contributed by atoms with E-state index in [9.17, 15) is 4.79 Å². The monoisotopic (exact) mass is 358 g/mol. The number of para-hydroxylation sites is 1. The largest absolute Gasteiger partial charge is 0.484 e. The Kier molecular flexibility index (Phi) is 6.39. The fourth-order valence-electron chi connectivity index (χ4n) is 1.61. The summed E-state index contributed by atoms with van der Waals surface area (Å²) in [4.78, 5) is 11.6. The Balaban J connectivity index is 1.77. The summed E-state index contributed by atoms with van der Waals surface area (Å²) in [6.07, 6.45) is 3.42. The molecule has 5 heteroatoms. The van der Waals surface area contributed by atoms with Crippen molar-refractivity contribution in [2.45, 2.75) is 0 Å². The first-order chi connectivity index (χ1) is 10.7. The van der Waals surface area contributed by atoms with Crippen LogP contribution in [0.5, 0.6) is 5.75 Å². The van der Waals surface area contributed by atoms with Gasteiger partial charge in [0.2, 0.25) is 0 Å². The Morgan fingerprint density at radius 3 is 2.41 bits per heavy atom. The fourth-order valence-corrected chi connectivity index (χ4v) is 1.98. The first kappa shape index (κ1) is 16.0. The van der Waals surface area contributed by atoms with Gasteiger partial charge in [-0.1, -0.05) is 48.5 Å². The number of allylic oxidation sites excluding steroid dienone is 1. The molecule has 1 N–H and O–H groups in total. The molecule has 2 aromatic rings. The SMILES string of the molecule is O=C(COc1ccccc1)NN=CC(Br)=Cc1ccccc1. The summed E-state index contributed by atoms with van der Waals surface area (Å²) < 4.78 is 6.06. The average molecular weight is 359 g/mol. The van der Waals surface area contributed by atoms with Crippen LogP contribution in [-0.2, 0) is 4.79 Å². The molecule has 0 fully saturated rings. The molecule has 112 valence electrons. The summed E-state index contributed by atoms with van der Waals surface area (Å²) in [5, 5.41) is 3.86. The number of carbonyl (C=O) groups is 1. The van der Waals surface area contributed by atoms with Crippen LogP contribution < -0.4 is 10.2 Å². The van der Waals surface area contributed by atoms with Gasteiger partial charge in [-0.3, -0.25) is 4.79 Å². The van der Waals surface area contributed by atoms with Crippen molar-refractivity contribution >= 4 is 34.1 Å². The van der Waals surface area contributed by atoms with Crippen LogP contribution in [0, 0.1) is 0 Å². The normalized spacial score (nSPS) is 11.4. The van der Waals surface area contributed by atoms with Crippen LogP contribution in [-0.4, -0.2) is 18.7 Å². The number of carbonyl (C=O) groups excluding carboxylic acids is 1. The molecule has 0 aliphatic heterocycles. The molecule has 2 rings (SSSR count). The summed E-state index contributed by atoms with van der Waals surface area (Å²) >= 11 is 3.37. The van der Waals surface area contributed by atoms with E-state index in [1.165, 1.54) is 6.21 Å². The van der Waals surface area contributed by atoms with E-state index in [0.29, 0.717) is 5.75 Å². The number of hydrogen-bond acceptors (Lipinski definition) is 3. The molecule has 0 saturated carbocycles. The molecule has 0 aliphatic rings. The second-order valence-electron chi connectivity index (χ2n) is 4.33. The van der Waals surface area contributed by atoms with Crippen molar-refractivity contribution in [1.82, 2.24) is 5.43 Å². The van der Waals surface area contributed by atoms with E-state index < -0.39 is 0 Å². The molecule has 0 saturated heterocycles. The van der Waals surface area contributed by atoms with Gasteiger partial charge in [0.1, 0.15) is 5.75 Å².